The second kappa shape index (κ2) is 7.59. The molecule has 0 saturated heterocycles. The quantitative estimate of drug-likeness (QED) is 0.876. The van der Waals surface area contributed by atoms with Gasteiger partial charge in [0.05, 0.1) is 11.7 Å². The zero-order valence-corrected chi connectivity index (χ0v) is 15.1. The largest absolute Gasteiger partial charge is 0.491 e. The summed E-state index contributed by atoms with van der Waals surface area (Å²) >= 11 is 0. The molecule has 2 heterocycles. The van der Waals surface area contributed by atoms with E-state index in [4.69, 9.17) is 4.74 Å². The van der Waals surface area contributed by atoms with Crippen molar-refractivity contribution in [2.75, 3.05) is 6.61 Å². The summed E-state index contributed by atoms with van der Waals surface area (Å²) in [4.78, 5) is 12.3. The SMILES string of the molecule is CCc1nn(C)c(CC)c1CNC(=O)NC1COc2ccccc2C1. The van der Waals surface area contributed by atoms with E-state index in [2.05, 4.69) is 29.6 Å². The summed E-state index contributed by atoms with van der Waals surface area (Å²) in [6.45, 7) is 5.19. The van der Waals surface area contributed by atoms with Crippen LogP contribution < -0.4 is 15.4 Å². The minimum atomic E-state index is -0.166. The van der Waals surface area contributed by atoms with Crippen molar-refractivity contribution >= 4 is 6.03 Å². The summed E-state index contributed by atoms with van der Waals surface area (Å²) in [5.41, 5.74) is 4.49. The van der Waals surface area contributed by atoms with E-state index in [-0.39, 0.29) is 12.1 Å². The Kier molecular flexibility index (Phi) is 5.26. The zero-order chi connectivity index (χ0) is 17.8. The molecule has 1 aliphatic rings. The van der Waals surface area contributed by atoms with Crippen molar-refractivity contribution in [1.82, 2.24) is 20.4 Å². The maximum absolute atomic E-state index is 12.3. The third kappa shape index (κ3) is 3.78. The van der Waals surface area contributed by atoms with Crippen molar-refractivity contribution < 1.29 is 9.53 Å². The average Bonchev–Trinajstić information content (AvgIpc) is 2.94. The lowest BCUT2D eigenvalue weighted by molar-refractivity contribution is 0.214. The summed E-state index contributed by atoms with van der Waals surface area (Å²) in [6.07, 6.45) is 2.55. The van der Waals surface area contributed by atoms with E-state index in [1.54, 1.807) is 0 Å². The highest BCUT2D eigenvalue weighted by atomic mass is 16.5. The van der Waals surface area contributed by atoms with Gasteiger partial charge in [0.15, 0.2) is 0 Å². The van der Waals surface area contributed by atoms with E-state index in [0.29, 0.717) is 13.2 Å². The topological polar surface area (TPSA) is 68.2 Å². The number of nitrogens with zero attached hydrogens (tertiary/aromatic N) is 2. The van der Waals surface area contributed by atoms with Crippen LogP contribution in [-0.2, 0) is 32.9 Å². The van der Waals surface area contributed by atoms with Crippen LogP contribution in [0.1, 0.15) is 36.4 Å². The molecular formula is C19H26N4O2. The molecule has 1 aliphatic heterocycles. The Morgan fingerprint density at radius 2 is 2.12 bits per heavy atom. The van der Waals surface area contributed by atoms with E-state index in [0.717, 1.165) is 41.8 Å². The molecule has 0 aliphatic carbocycles. The summed E-state index contributed by atoms with van der Waals surface area (Å²) in [7, 11) is 1.96. The van der Waals surface area contributed by atoms with Gasteiger partial charge in [0.25, 0.3) is 0 Å². The fourth-order valence-electron chi connectivity index (χ4n) is 3.42. The van der Waals surface area contributed by atoms with Crippen molar-refractivity contribution in [3.05, 3.63) is 46.8 Å². The van der Waals surface area contributed by atoms with Gasteiger partial charge in [-0.15, -0.1) is 0 Å². The maximum Gasteiger partial charge on any atom is 0.315 e. The van der Waals surface area contributed by atoms with Gasteiger partial charge in [-0.3, -0.25) is 4.68 Å². The van der Waals surface area contributed by atoms with Gasteiger partial charge in [-0.2, -0.15) is 5.10 Å². The van der Waals surface area contributed by atoms with Crippen molar-refractivity contribution in [2.45, 2.75) is 45.7 Å². The number of fused-ring (bicyclic) bond motifs is 1. The molecule has 0 radical (unpaired) electrons. The molecule has 0 bridgehead atoms. The van der Waals surface area contributed by atoms with Gasteiger partial charge in [0.2, 0.25) is 0 Å². The van der Waals surface area contributed by atoms with Crippen molar-refractivity contribution in [3.63, 3.8) is 0 Å². The highest BCUT2D eigenvalue weighted by molar-refractivity contribution is 5.74. The van der Waals surface area contributed by atoms with Gasteiger partial charge in [0, 0.05) is 24.8 Å². The Morgan fingerprint density at radius 1 is 1.32 bits per heavy atom. The van der Waals surface area contributed by atoms with Crippen LogP contribution in [0, 0.1) is 0 Å². The van der Waals surface area contributed by atoms with Crippen LogP contribution in [0.25, 0.3) is 0 Å². The molecule has 2 amide bonds. The Balaban J connectivity index is 1.58. The van der Waals surface area contributed by atoms with Crippen LogP contribution in [0.2, 0.25) is 0 Å². The number of ether oxygens (including phenoxy) is 1. The van der Waals surface area contributed by atoms with Crippen LogP contribution in [-0.4, -0.2) is 28.5 Å². The smallest absolute Gasteiger partial charge is 0.315 e. The standard InChI is InChI=1S/C19H26N4O2/c1-4-16-15(17(5-2)23(3)22-16)11-20-19(24)21-14-10-13-8-6-7-9-18(13)25-12-14/h6-9,14H,4-5,10-12H2,1-3H3,(H2,20,21,24). The van der Waals surface area contributed by atoms with E-state index in [1.165, 1.54) is 5.69 Å². The van der Waals surface area contributed by atoms with Gasteiger partial charge in [0.1, 0.15) is 12.4 Å². The summed E-state index contributed by atoms with van der Waals surface area (Å²) < 4.78 is 7.64. The average molecular weight is 342 g/mol. The fraction of sp³-hybridized carbons (Fsp3) is 0.474. The molecule has 1 atom stereocenters. The Labute approximate surface area is 148 Å². The molecule has 6 heteroatoms. The van der Waals surface area contributed by atoms with Gasteiger partial charge in [-0.05, 0) is 30.9 Å². The first-order chi connectivity index (χ1) is 12.1. The Bertz CT molecular complexity index is 754. The highest BCUT2D eigenvalue weighted by Gasteiger charge is 2.21. The molecule has 1 aromatic carbocycles. The van der Waals surface area contributed by atoms with Crippen LogP contribution >= 0.6 is 0 Å². The molecular weight excluding hydrogens is 316 g/mol. The lowest BCUT2D eigenvalue weighted by Gasteiger charge is -2.26. The van der Waals surface area contributed by atoms with E-state index in [1.807, 2.05) is 36.0 Å². The number of amides is 2. The molecule has 134 valence electrons. The first-order valence-electron chi connectivity index (χ1n) is 8.91. The van der Waals surface area contributed by atoms with Gasteiger partial charge < -0.3 is 15.4 Å². The number of carbonyl (C=O) groups is 1. The molecule has 25 heavy (non-hydrogen) atoms. The third-order valence-corrected chi connectivity index (χ3v) is 4.67. The molecule has 2 aromatic rings. The molecule has 0 spiro atoms. The summed E-state index contributed by atoms with van der Waals surface area (Å²) in [6, 6.07) is 7.78. The van der Waals surface area contributed by atoms with Crippen molar-refractivity contribution in [2.24, 2.45) is 7.05 Å². The summed E-state index contributed by atoms with van der Waals surface area (Å²) in [5.74, 6) is 0.913. The number of benzene rings is 1. The lowest BCUT2D eigenvalue weighted by atomic mass is 10.0. The number of carbonyl (C=O) groups excluding carboxylic acids is 1. The number of aromatic nitrogens is 2. The van der Waals surface area contributed by atoms with Crippen molar-refractivity contribution in [3.8, 4) is 5.75 Å². The number of nitrogens with one attached hydrogen (secondary N) is 2. The lowest BCUT2D eigenvalue weighted by Crippen LogP contribution is -2.47. The second-order valence-corrected chi connectivity index (χ2v) is 6.35. The molecule has 0 saturated carbocycles. The molecule has 1 aromatic heterocycles. The van der Waals surface area contributed by atoms with Gasteiger partial charge >= 0.3 is 6.03 Å². The molecule has 6 nitrogen and oxygen atoms in total. The number of hydrogen-bond donors (Lipinski definition) is 2. The molecule has 1 unspecified atom stereocenters. The highest BCUT2D eigenvalue weighted by Crippen LogP contribution is 2.23. The third-order valence-electron chi connectivity index (χ3n) is 4.67. The first kappa shape index (κ1) is 17.3. The van der Waals surface area contributed by atoms with Crippen molar-refractivity contribution in [1.29, 1.82) is 0 Å². The monoisotopic (exact) mass is 342 g/mol. The van der Waals surface area contributed by atoms with Gasteiger partial charge in [-0.1, -0.05) is 32.0 Å². The zero-order valence-electron chi connectivity index (χ0n) is 15.1. The molecule has 0 fully saturated rings. The molecule has 3 rings (SSSR count). The number of hydrogen-bond acceptors (Lipinski definition) is 3. The Morgan fingerprint density at radius 3 is 2.88 bits per heavy atom. The summed E-state index contributed by atoms with van der Waals surface area (Å²) in [5, 5.41) is 10.5. The minimum absolute atomic E-state index is 0.0138. The predicted octanol–water partition coefficient (Wildman–Crippen LogP) is 2.35. The number of rotatable bonds is 5. The first-order valence-corrected chi connectivity index (χ1v) is 8.91. The molecule has 2 N–H and O–H groups in total. The van der Waals surface area contributed by atoms with E-state index in [9.17, 15) is 4.79 Å². The van der Waals surface area contributed by atoms with E-state index < -0.39 is 0 Å². The van der Waals surface area contributed by atoms with Gasteiger partial charge in [-0.25, -0.2) is 4.79 Å². The Hall–Kier alpha value is -2.50. The fourth-order valence-corrected chi connectivity index (χ4v) is 3.42. The van der Waals surface area contributed by atoms with Crippen LogP contribution in [0.4, 0.5) is 4.79 Å². The predicted molar refractivity (Wildman–Crippen MR) is 96.8 cm³/mol. The number of aryl methyl sites for hydroxylation is 2. The van der Waals surface area contributed by atoms with Crippen LogP contribution in [0.3, 0.4) is 0 Å². The van der Waals surface area contributed by atoms with Crippen LogP contribution in [0.5, 0.6) is 5.75 Å². The normalized spacial score (nSPS) is 16.0. The van der Waals surface area contributed by atoms with Crippen LogP contribution in [0.15, 0.2) is 24.3 Å². The second-order valence-electron chi connectivity index (χ2n) is 6.35. The van der Waals surface area contributed by atoms with E-state index >= 15 is 0 Å². The maximum atomic E-state index is 12.3. The number of urea groups is 1. The minimum Gasteiger partial charge on any atom is -0.491 e. The number of para-hydroxylation sites is 1.